The fourth-order valence-corrected chi connectivity index (χ4v) is 1.68. The minimum Gasteiger partial charge on any atom is -0.497 e. The first-order valence-corrected chi connectivity index (χ1v) is 5.72. The van der Waals surface area contributed by atoms with Crippen molar-refractivity contribution in [3.63, 3.8) is 0 Å². The third kappa shape index (κ3) is 2.75. The first kappa shape index (κ1) is 13.5. The monoisotopic (exact) mass is 272 g/mol. The van der Waals surface area contributed by atoms with E-state index in [-0.39, 0.29) is 18.2 Å². The highest BCUT2D eigenvalue weighted by molar-refractivity contribution is 5.98. The summed E-state index contributed by atoms with van der Waals surface area (Å²) < 4.78 is 11.6. The number of benzene rings is 1. The predicted molar refractivity (Wildman–Crippen MR) is 68.6 cm³/mol. The van der Waals surface area contributed by atoms with Crippen molar-refractivity contribution in [3.8, 4) is 17.6 Å². The van der Waals surface area contributed by atoms with Crippen LogP contribution in [0.1, 0.15) is 16.2 Å². The molecule has 7 nitrogen and oxygen atoms in total. The Morgan fingerprint density at radius 1 is 1.40 bits per heavy atom. The predicted octanol–water partition coefficient (Wildman–Crippen LogP) is 1.05. The molecule has 0 saturated carbocycles. The van der Waals surface area contributed by atoms with Crippen LogP contribution < -0.4 is 9.47 Å². The lowest BCUT2D eigenvalue weighted by Gasteiger charge is -2.09. The number of methoxy groups -OCH3 is 2. The summed E-state index contributed by atoms with van der Waals surface area (Å²) in [4.78, 5) is 15.9. The van der Waals surface area contributed by atoms with E-state index >= 15 is 0 Å². The molecule has 0 N–H and O–H groups in total. The molecule has 0 aliphatic carbocycles. The number of hydrogen-bond acceptors (Lipinski definition) is 6. The third-order valence-corrected chi connectivity index (χ3v) is 2.65. The second-order valence-electron chi connectivity index (χ2n) is 3.87. The SMILES string of the molecule is COc1ccc(C(=O)Cn2cnc(C#N)n2)c(OC)c1. The van der Waals surface area contributed by atoms with Crippen molar-refractivity contribution in [1.29, 1.82) is 5.26 Å². The number of rotatable bonds is 5. The molecule has 2 aromatic rings. The van der Waals surface area contributed by atoms with Gasteiger partial charge >= 0.3 is 0 Å². The van der Waals surface area contributed by atoms with E-state index in [0.29, 0.717) is 17.1 Å². The van der Waals surface area contributed by atoms with Gasteiger partial charge in [0.15, 0.2) is 5.78 Å². The van der Waals surface area contributed by atoms with Crippen LogP contribution in [-0.2, 0) is 6.54 Å². The fraction of sp³-hybridized carbons (Fsp3) is 0.231. The summed E-state index contributed by atoms with van der Waals surface area (Å²) in [7, 11) is 3.02. The van der Waals surface area contributed by atoms with E-state index in [0.717, 1.165) is 0 Å². The topological polar surface area (TPSA) is 90.0 Å². The van der Waals surface area contributed by atoms with E-state index < -0.39 is 0 Å². The number of carbonyl (C=O) groups is 1. The summed E-state index contributed by atoms with van der Waals surface area (Å²) in [6.07, 6.45) is 1.34. The molecule has 1 heterocycles. The van der Waals surface area contributed by atoms with Gasteiger partial charge < -0.3 is 9.47 Å². The normalized spacial score (nSPS) is 9.85. The molecular formula is C13H12N4O3. The van der Waals surface area contributed by atoms with E-state index in [2.05, 4.69) is 10.1 Å². The molecule has 102 valence electrons. The lowest BCUT2D eigenvalue weighted by molar-refractivity contribution is 0.0964. The zero-order valence-electron chi connectivity index (χ0n) is 11.0. The second kappa shape index (κ2) is 5.84. The molecule has 2 rings (SSSR count). The van der Waals surface area contributed by atoms with Gasteiger partial charge in [-0.2, -0.15) is 5.26 Å². The van der Waals surface area contributed by atoms with E-state index in [1.807, 2.05) is 0 Å². The second-order valence-corrected chi connectivity index (χ2v) is 3.87. The molecule has 0 aliphatic heterocycles. The lowest BCUT2D eigenvalue weighted by Crippen LogP contribution is -2.12. The van der Waals surface area contributed by atoms with Crippen LogP contribution in [0.2, 0.25) is 0 Å². The number of nitrogens with zero attached hydrogens (tertiary/aromatic N) is 4. The summed E-state index contributed by atoms with van der Waals surface area (Å²) >= 11 is 0. The molecule has 0 amide bonds. The highest BCUT2D eigenvalue weighted by atomic mass is 16.5. The zero-order valence-corrected chi connectivity index (χ0v) is 11.0. The van der Waals surface area contributed by atoms with Crippen LogP contribution in [0.3, 0.4) is 0 Å². The Morgan fingerprint density at radius 2 is 2.20 bits per heavy atom. The highest BCUT2D eigenvalue weighted by Gasteiger charge is 2.14. The average Bonchev–Trinajstić information content (AvgIpc) is 2.94. The highest BCUT2D eigenvalue weighted by Crippen LogP contribution is 2.25. The molecule has 0 aliphatic rings. The van der Waals surface area contributed by atoms with Crippen molar-refractivity contribution in [1.82, 2.24) is 14.8 Å². The standard InChI is InChI=1S/C13H12N4O3/c1-19-9-3-4-10(12(5-9)20-2)11(18)7-17-8-15-13(6-14)16-17/h3-5,8H,7H2,1-2H3. The van der Waals surface area contributed by atoms with Crippen molar-refractivity contribution >= 4 is 5.78 Å². The van der Waals surface area contributed by atoms with Gasteiger partial charge in [0.25, 0.3) is 5.82 Å². The molecule has 0 fully saturated rings. The summed E-state index contributed by atoms with van der Waals surface area (Å²) in [6, 6.07) is 6.74. The Kier molecular flexibility index (Phi) is 3.96. The molecule has 0 spiro atoms. The molecule has 0 unspecified atom stereocenters. The summed E-state index contributed by atoms with van der Waals surface area (Å²) in [5.41, 5.74) is 0.419. The number of carbonyl (C=O) groups excluding carboxylic acids is 1. The van der Waals surface area contributed by atoms with E-state index in [9.17, 15) is 4.79 Å². The molecule has 20 heavy (non-hydrogen) atoms. The Hall–Kier alpha value is -2.88. The van der Waals surface area contributed by atoms with Gasteiger partial charge in [-0.25, -0.2) is 9.67 Å². The van der Waals surface area contributed by atoms with Gasteiger partial charge in [-0.1, -0.05) is 0 Å². The number of aromatic nitrogens is 3. The number of nitriles is 1. The van der Waals surface area contributed by atoms with Crippen LogP contribution in [0.15, 0.2) is 24.5 Å². The van der Waals surface area contributed by atoms with Crippen molar-refractivity contribution in [2.24, 2.45) is 0 Å². The van der Waals surface area contributed by atoms with Crippen LogP contribution >= 0.6 is 0 Å². The number of ether oxygens (including phenoxy) is 2. The maximum absolute atomic E-state index is 12.2. The number of hydrogen-bond donors (Lipinski definition) is 0. The molecule has 1 aromatic heterocycles. The summed E-state index contributed by atoms with van der Waals surface area (Å²) in [5, 5.41) is 12.5. The summed E-state index contributed by atoms with van der Waals surface area (Å²) in [5.74, 6) is 0.860. The molecule has 1 aromatic carbocycles. The van der Waals surface area contributed by atoms with Crippen LogP contribution in [0.25, 0.3) is 0 Å². The molecule has 0 saturated heterocycles. The van der Waals surface area contributed by atoms with E-state index in [1.54, 1.807) is 24.3 Å². The van der Waals surface area contributed by atoms with Crippen LogP contribution in [0, 0.1) is 11.3 Å². The first-order chi connectivity index (χ1) is 9.67. The Morgan fingerprint density at radius 3 is 2.80 bits per heavy atom. The van der Waals surface area contributed by atoms with Crippen molar-refractivity contribution in [2.75, 3.05) is 14.2 Å². The molecule has 0 atom stereocenters. The van der Waals surface area contributed by atoms with Crippen LogP contribution in [0.4, 0.5) is 0 Å². The smallest absolute Gasteiger partial charge is 0.252 e. The average molecular weight is 272 g/mol. The fourth-order valence-electron chi connectivity index (χ4n) is 1.68. The van der Waals surface area contributed by atoms with Crippen LogP contribution in [-0.4, -0.2) is 34.8 Å². The molecular weight excluding hydrogens is 260 g/mol. The Bertz CT molecular complexity index is 672. The van der Waals surface area contributed by atoms with E-state index in [4.69, 9.17) is 14.7 Å². The van der Waals surface area contributed by atoms with Gasteiger partial charge in [0.05, 0.1) is 19.8 Å². The van der Waals surface area contributed by atoms with Gasteiger partial charge in [0.1, 0.15) is 30.4 Å². The van der Waals surface area contributed by atoms with Gasteiger partial charge in [-0.3, -0.25) is 4.79 Å². The Balaban J connectivity index is 2.22. The van der Waals surface area contributed by atoms with Gasteiger partial charge in [0, 0.05) is 6.07 Å². The number of ketones is 1. The maximum Gasteiger partial charge on any atom is 0.252 e. The zero-order chi connectivity index (χ0) is 14.5. The van der Waals surface area contributed by atoms with Crippen molar-refractivity contribution < 1.29 is 14.3 Å². The van der Waals surface area contributed by atoms with Crippen molar-refractivity contribution in [2.45, 2.75) is 6.54 Å². The van der Waals surface area contributed by atoms with E-state index in [1.165, 1.54) is 25.2 Å². The quantitative estimate of drug-likeness (QED) is 0.756. The lowest BCUT2D eigenvalue weighted by atomic mass is 10.1. The largest absolute Gasteiger partial charge is 0.497 e. The number of Topliss-reactive ketones (excluding diaryl/α,β-unsaturated/α-hetero) is 1. The van der Waals surface area contributed by atoms with Gasteiger partial charge in [-0.15, -0.1) is 5.10 Å². The third-order valence-electron chi connectivity index (χ3n) is 2.65. The van der Waals surface area contributed by atoms with Gasteiger partial charge in [-0.05, 0) is 12.1 Å². The molecule has 0 bridgehead atoms. The first-order valence-electron chi connectivity index (χ1n) is 5.72. The summed E-state index contributed by atoms with van der Waals surface area (Å²) in [6.45, 7) is -0.0165. The van der Waals surface area contributed by atoms with Crippen LogP contribution in [0.5, 0.6) is 11.5 Å². The Labute approximate surface area is 115 Å². The van der Waals surface area contributed by atoms with Crippen molar-refractivity contribution in [3.05, 3.63) is 35.9 Å². The van der Waals surface area contributed by atoms with Gasteiger partial charge in [0.2, 0.25) is 0 Å². The molecule has 7 heteroatoms. The minimum atomic E-state index is -0.195. The maximum atomic E-state index is 12.2. The molecule has 0 radical (unpaired) electrons. The minimum absolute atomic E-state index is 0.0165.